The second kappa shape index (κ2) is 8.53. The lowest BCUT2D eigenvalue weighted by Crippen LogP contribution is -2.20. The summed E-state index contributed by atoms with van der Waals surface area (Å²) in [4.78, 5) is 22.2. The van der Waals surface area contributed by atoms with Crippen LogP contribution in [0.1, 0.15) is 6.92 Å². The van der Waals surface area contributed by atoms with Gasteiger partial charge in [0.05, 0.1) is 18.6 Å². The van der Waals surface area contributed by atoms with E-state index in [0.717, 1.165) is 5.75 Å². The third kappa shape index (κ3) is 5.10. The fraction of sp³-hybridized carbons (Fsp3) is 0.235. The minimum atomic E-state index is -0.554. The maximum absolute atomic E-state index is 11.9. The van der Waals surface area contributed by atoms with Gasteiger partial charge in [-0.25, -0.2) is 0 Å². The lowest BCUT2D eigenvalue weighted by atomic mass is 10.3. The number of hydrogen-bond acceptors (Lipinski definition) is 6. The van der Waals surface area contributed by atoms with Crippen molar-refractivity contribution >= 4 is 17.3 Å². The smallest absolute Gasteiger partial charge is 0.311 e. The first-order valence-corrected chi connectivity index (χ1v) is 7.51. The van der Waals surface area contributed by atoms with Crippen molar-refractivity contribution in [2.75, 3.05) is 25.6 Å². The number of anilines is 1. The molecule has 0 radical (unpaired) electrons. The highest BCUT2D eigenvalue weighted by Crippen LogP contribution is 2.30. The Balaban J connectivity index is 1.92. The van der Waals surface area contributed by atoms with Crippen molar-refractivity contribution in [2.45, 2.75) is 6.92 Å². The Kier molecular flexibility index (Phi) is 6.16. The fourth-order valence-electron chi connectivity index (χ4n) is 2.05. The van der Waals surface area contributed by atoms with Crippen LogP contribution in [-0.2, 0) is 4.79 Å². The third-order valence-electron chi connectivity index (χ3n) is 3.17. The van der Waals surface area contributed by atoms with Crippen LogP contribution in [-0.4, -0.2) is 31.2 Å². The molecule has 8 nitrogen and oxygen atoms in total. The summed E-state index contributed by atoms with van der Waals surface area (Å²) in [6.45, 7) is 2.21. The van der Waals surface area contributed by atoms with Gasteiger partial charge < -0.3 is 19.5 Å². The normalized spacial score (nSPS) is 10.0. The number of carbonyl (C=O) groups excluding carboxylic acids is 1. The number of carbonyl (C=O) groups is 1. The first-order valence-electron chi connectivity index (χ1n) is 7.51. The molecular weight excluding hydrogens is 328 g/mol. The Morgan fingerprint density at radius 3 is 2.40 bits per heavy atom. The first-order chi connectivity index (χ1) is 12.0. The van der Waals surface area contributed by atoms with Crippen molar-refractivity contribution in [2.24, 2.45) is 0 Å². The average molecular weight is 346 g/mol. The van der Waals surface area contributed by atoms with Crippen molar-refractivity contribution in [3.05, 3.63) is 52.6 Å². The number of rotatable bonds is 8. The van der Waals surface area contributed by atoms with Crippen molar-refractivity contribution in [1.82, 2.24) is 0 Å². The van der Waals surface area contributed by atoms with Crippen molar-refractivity contribution in [1.29, 1.82) is 0 Å². The number of benzene rings is 2. The molecule has 0 bridgehead atoms. The van der Waals surface area contributed by atoms with E-state index < -0.39 is 4.92 Å². The van der Waals surface area contributed by atoms with Crippen LogP contribution in [0, 0.1) is 10.1 Å². The van der Waals surface area contributed by atoms with Crippen molar-refractivity contribution in [3.63, 3.8) is 0 Å². The zero-order chi connectivity index (χ0) is 18.2. The SMILES string of the molecule is CCOc1ccc(NC(=O)COc2ccc([N+](=O)[O-])c(OC)c2)cc1. The topological polar surface area (TPSA) is 99.9 Å². The standard InChI is InChI=1S/C17H18N2O6/c1-3-24-13-6-4-12(5-7-13)18-17(20)11-25-14-8-9-15(19(21)22)16(10-14)23-2/h4-10H,3,11H2,1-2H3,(H,18,20). The van der Waals surface area contributed by atoms with Crippen LogP contribution in [0.15, 0.2) is 42.5 Å². The van der Waals surface area contributed by atoms with Gasteiger partial charge in [-0.2, -0.15) is 0 Å². The van der Waals surface area contributed by atoms with Gasteiger partial charge in [-0.05, 0) is 37.3 Å². The highest BCUT2D eigenvalue weighted by atomic mass is 16.6. The molecule has 0 aromatic heterocycles. The number of nitro benzene ring substituents is 1. The molecule has 2 aromatic rings. The Labute approximate surface area is 144 Å². The zero-order valence-electron chi connectivity index (χ0n) is 13.9. The third-order valence-corrected chi connectivity index (χ3v) is 3.17. The zero-order valence-corrected chi connectivity index (χ0v) is 13.9. The van der Waals surface area contributed by atoms with Crippen LogP contribution < -0.4 is 19.5 Å². The molecule has 2 rings (SSSR count). The number of nitro groups is 1. The van der Waals surface area contributed by atoms with E-state index in [0.29, 0.717) is 18.0 Å². The summed E-state index contributed by atoms with van der Waals surface area (Å²) in [5.41, 5.74) is 0.437. The summed E-state index contributed by atoms with van der Waals surface area (Å²) in [7, 11) is 1.32. The van der Waals surface area contributed by atoms with E-state index in [1.807, 2.05) is 6.92 Å². The molecule has 0 atom stereocenters. The predicted octanol–water partition coefficient (Wildman–Crippen LogP) is 3.02. The molecule has 0 saturated heterocycles. The van der Waals surface area contributed by atoms with Crippen LogP contribution in [0.2, 0.25) is 0 Å². The monoisotopic (exact) mass is 346 g/mol. The van der Waals surface area contributed by atoms with Gasteiger partial charge in [0, 0.05) is 17.8 Å². The van der Waals surface area contributed by atoms with Gasteiger partial charge in [0.15, 0.2) is 6.61 Å². The lowest BCUT2D eigenvalue weighted by molar-refractivity contribution is -0.385. The number of methoxy groups -OCH3 is 1. The second-order valence-corrected chi connectivity index (χ2v) is 4.89. The van der Waals surface area contributed by atoms with Crippen molar-refractivity contribution in [3.8, 4) is 17.2 Å². The van der Waals surface area contributed by atoms with E-state index in [9.17, 15) is 14.9 Å². The highest BCUT2D eigenvalue weighted by Gasteiger charge is 2.15. The Bertz CT molecular complexity index is 745. The van der Waals surface area contributed by atoms with E-state index in [1.165, 1.54) is 25.3 Å². The Hall–Kier alpha value is -3.29. The molecule has 2 aromatic carbocycles. The minimum Gasteiger partial charge on any atom is -0.494 e. The number of hydrogen-bond donors (Lipinski definition) is 1. The van der Waals surface area contributed by atoms with Crippen LogP contribution >= 0.6 is 0 Å². The molecule has 0 saturated carbocycles. The van der Waals surface area contributed by atoms with Crippen LogP contribution in [0.25, 0.3) is 0 Å². The van der Waals surface area contributed by atoms with Crippen LogP contribution in [0.4, 0.5) is 11.4 Å². The second-order valence-electron chi connectivity index (χ2n) is 4.89. The average Bonchev–Trinajstić information content (AvgIpc) is 2.61. The van der Waals surface area contributed by atoms with Gasteiger partial charge >= 0.3 is 5.69 Å². The first kappa shape index (κ1) is 18.1. The van der Waals surface area contributed by atoms with Gasteiger partial charge in [0.2, 0.25) is 5.75 Å². The molecule has 132 valence electrons. The van der Waals surface area contributed by atoms with Crippen LogP contribution in [0.3, 0.4) is 0 Å². The number of amides is 1. The molecule has 0 unspecified atom stereocenters. The predicted molar refractivity (Wildman–Crippen MR) is 91.4 cm³/mol. The van der Waals surface area contributed by atoms with E-state index >= 15 is 0 Å². The Morgan fingerprint density at radius 1 is 1.12 bits per heavy atom. The molecule has 25 heavy (non-hydrogen) atoms. The van der Waals surface area contributed by atoms with E-state index in [2.05, 4.69) is 5.32 Å². The van der Waals surface area contributed by atoms with Gasteiger partial charge in [-0.3, -0.25) is 14.9 Å². The van der Waals surface area contributed by atoms with E-state index in [4.69, 9.17) is 14.2 Å². The summed E-state index contributed by atoms with van der Waals surface area (Å²) >= 11 is 0. The highest BCUT2D eigenvalue weighted by molar-refractivity contribution is 5.91. The van der Waals surface area contributed by atoms with Gasteiger partial charge in [-0.1, -0.05) is 0 Å². The number of nitrogens with zero attached hydrogens (tertiary/aromatic N) is 1. The molecule has 0 heterocycles. The van der Waals surface area contributed by atoms with E-state index in [1.54, 1.807) is 24.3 Å². The maximum atomic E-state index is 11.9. The van der Waals surface area contributed by atoms with E-state index in [-0.39, 0.29) is 24.0 Å². The molecule has 0 aliphatic carbocycles. The molecule has 8 heteroatoms. The van der Waals surface area contributed by atoms with Gasteiger partial charge in [0.1, 0.15) is 11.5 Å². The van der Waals surface area contributed by atoms with Gasteiger partial charge in [-0.15, -0.1) is 0 Å². The summed E-state index contributed by atoms with van der Waals surface area (Å²) in [5.74, 6) is 0.718. The van der Waals surface area contributed by atoms with Crippen molar-refractivity contribution < 1.29 is 23.9 Å². The largest absolute Gasteiger partial charge is 0.494 e. The number of ether oxygens (including phenoxy) is 3. The fourth-order valence-corrected chi connectivity index (χ4v) is 2.05. The molecule has 0 fully saturated rings. The van der Waals surface area contributed by atoms with Gasteiger partial charge in [0.25, 0.3) is 5.91 Å². The summed E-state index contributed by atoms with van der Waals surface area (Å²) in [6, 6.07) is 11.0. The Morgan fingerprint density at radius 2 is 1.80 bits per heavy atom. The molecular formula is C17H18N2O6. The molecule has 0 aliphatic rings. The molecule has 1 amide bonds. The molecule has 1 N–H and O–H groups in total. The minimum absolute atomic E-state index is 0.0643. The summed E-state index contributed by atoms with van der Waals surface area (Å²) < 4.78 is 15.6. The quantitative estimate of drug-likeness (QED) is 0.582. The molecule has 0 aliphatic heterocycles. The maximum Gasteiger partial charge on any atom is 0.311 e. The van der Waals surface area contributed by atoms with Crippen LogP contribution in [0.5, 0.6) is 17.2 Å². The summed E-state index contributed by atoms with van der Waals surface area (Å²) in [5, 5.41) is 13.5. The number of nitrogens with one attached hydrogen (secondary N) is 1. The summed E-state index contributed by atoms with van der Waals surface area (Å²) in [6.07, 6.45) is 0. The molecule has 0 spiro atoms. The lowest BCUT2D eigenvalue weighted by Gasteiger charge is -2.09.